The molecule has 0 saturated carbocycles. The maximum atomic E-state index is 5.79. The summed E-state index contributed by atoms with van der Waals surface area (Å²) < 4.78 is 23.2. The van der Waals surface area contributed by atoms with Crippen LogP contribution in [0.1, 0.15) is 11.1 Å². The third-order valence-electron chi connectivity index (χ3n) is 3.63. The van der Waals surface area contributed by atoms with Crippen LogP contribution in [0.2, 0.25) is 0 Å². The van der Waals surface area contributed by atoms with E-state index in [1.54, 1.807) is 0 Å². The number of benzene rings is 1. The molecule has 18 heavy (non-hydrogen) atoms. The Labute approximate surface area is 105 Å². The lowest BCUT2D eigenvalue weighted by Gasteiger charge is -2.37. The minimum Gasteiger partial charge on any atom is -0.340 e. The van der Waals surface area contributed by atoms with Gasteiger partial charge in [-0.25, -0.2) is 0 Å². The Bertz CT molecular complexity index is 451. The van der Waals surface area contributed by atoms with E-state index in [2.05, 4.69) is 0 Å². The third kappa shape index (κ3) is 1.29. The Kier molecular flexibility index (Phi) is 2.17. The molecular formula is C14H14O4. The molecule has 0 radical (unpaired) electrons. The lowest BCUT2D eigenvalue weighted by atomic mass is 9.87. The SMILES string of the molecule is C1=CC2(OCCO2)c2ccccc2C12OCCO2. The van der Waals surface area contributed by atoms with Gasteiger partial charge in [-0.1, -0.05) is 24.3 Å². The second-order valence-electron chi connectivity index (χ2n) is 4.61. The average molecular weight is 246 g/mol. The van der Waals surface area contributed by atoms with Crippen molar-refractivity contribution in [2.45, 2.75) is 11.6 Å². The lowest BCUT2D eigenvalue weighted by Crippen LogP contribution is -2.37. The second-order valence-corrected chi connectivity index (χ2v) is 4.61. The number of fused-ring (bicyclic) bond motifs is 3. The van der Waals surface area contributed by atoms with Crippen molar-refractivity contribution in [3.05, 3.63) is 47.5 Å². The molecule has 94 valence electrons. The van der Waals surface area contributed by atoms with Crippen molar-refractivity contribution < 1.29 is 18.9 Å². The lowest BCUT2D eigenvalue weighted by molar-refractivity contribution is -0.159. The summed E-state index contributed by atoms with van der Waals surface area (Å²) in [6, 6.07) is 7.98. The summed E-state index contributed by atoms with van der Waals surface area (Å²) in [5.74, 6) is -1.51. The molecule has 0 bridgehead atoms. The van der Waals surface area contributed by atoms with Crippen molar-refractivity contribution in [3.8, 4) is 0 Å². The topological polar surface area (TPSA) is 36.9 Å². The molecule has 4 rings (SSSR count). The monoisotopic (exact) mass is 246 g/mol. The fourth-order valence-corrected chi connectivity index (χ4v) is 2.85. The van der Waals surface area contributed by atoms with Gasteiger partial charge in [-0.3, -0.25) is 0 Å². The summed E-state index contributed by atoms with van der Waals surface area (Å²) >= 11 is 0. The van der Waals surface area contributed by atoms with Crippen molar-refractivity contribution in [2.75, 3.05) is 26.4 Å². The van der Waals surface area contributed by atoms with Crippen LogP contribution < -0.4 is 0 Å². The third-order valence-corrected chi connectivity index (χ3v) is 3.63. The molecule has 2 fully saturated rings. The molecule has 0 aromatic heterocycles. The normalized spacial score (nSPS) is 26.9. The summed E-state index contributed by atoms with van der Waals surface area (Å²) in [6.45, 7) is 2.42. The van der Waals surface area contributed by atoms with Gasteiger partial charge in [0.05, 0.1) is 26.4 Å². The zero-order valence-electron chi connectivity index (χ0n) is 9.93. The minimum absolute atomic E-state index is 0.605. The zero-order valence-corrected chi connectivity index (χ0v) is 9.93. The summed E-state index contributed by atoms with van der Waals surface area (Å²) in [5, 5.41) is 0. The Morgan fingerprint density at radius 2 is 1.06 bits per heavy atom. The first-order valence-electron chi connectivity index (χ1n) is 6.21. The predicted octanol–water partition coefficient (Wildman–Crippen LogP) is 1.66. The smallest absolute Gasteiger partial charge is 0.215 e. The van der Waals surface area contributed by atoms with Crippen LogP contribution in [0, 0.1) is 0 Å². The van der Waals surface area contributed by atoms with Crippen molar-refractivity contribution in [1.82, 2.24) is 0 Å². The van der Waals surface area contributed by atoms with Gasteiger partial charge in [0.15, 0.2) is 0 Å². The Morgan fingerprint density at radius 1 is 0.667 bits per heavy atom. The van der Waals surface area contributed by atoms with Crippen molar-refractivity contribution in [3.63, 3.8) is 0 Å². The highest BCUT2D eigenvalue weighted by molar-refractivity contribution is 5.44. The van der Waals surface area contributed by atoms with Crippen LogP contribution in [0.3, 0.4) is 0 Å². The summed E-state index contributed by atoms with van der Waals surface area (Å²) in [5.41, 5.74) is 1.96. The van der Waals surface area contributed by atoms with E-state index in [4.69, 9.17) is 18.9 Å². The number of hydrogen-bond donors (Lipinski definition) is 0. The van der Waals surface area contributed by atoms with E-state index in [9.17, 15) is 0 Å². The van der Waals surface area contributed by atoms with Crippen LogP contribution in [0.5, 0.6) is 0 Å². The molecule has 1 aliphatic carbocycles. The predicted molar refractivity (Wildman–Crippen MR) is 62.7 cm³/mol. The van der Waals surface area contributed by atoms with Gasteiger partial charge < -0.3 is 18.9 Å². The number of hydrogen-bond acceptors (Lipinski definition) is 4. The van der Waals surface area contributed by atoms with E-state index in [-0.39, 0.29) is 0 Å². The molecule has 0 N–H and O–H groups in total. The fourth-order valence-electron chi connectivity index (χ4n) is 2.85. The molecule has 3 aliphatic rings. The van der Waals surface area contributed by atoms with Crippen LogP contribution in [0.4, 0.5) is 0 Å². The largest absolute Gasteiger partial charge is 0.340 e. The molecule has 0 unspecified atom stereocenters. The molecule has 0 atom stereocenters. The summed E-state index contributed by atoms with van der Waals surface area (Å²) in [6.07, 6.45) is 3.82. The maximum Gasteiger partial charge on any atom is 0.215 e. The standard InChI is InChI=1S/C14H14O4/c1-2-4-12-11(3-1)13(15-7-8-16-13)5-6-14(12)17-9-10-18-14/h1-6H,7-10H2. The Morgan fingerprint density at radius 3 is 1.44 bits per heavy atom. The molecule has 4 nitrogen and oxygen atoms in total. The first-order valence-corrected chi connectivity index (χ1v) is 6.21. The quantitative estimate of drug-likeness (QED) is 0.652. The van der Waals surface area contributed by atoms with Crippen molar-refractivity contribution in [2.24, 2.45) is 0 Å². The second kappa shape index (κ2) is 3.65. The van der Waals surface area contributed by atoms with E-state index < -0.39 is 11.6 Å². The van der Waals surface area contributed by atoms with Crippen molar-refractivity contribution >= 4 is 0 Å². The van der Waals surface area contributed by atoms with Gasteiger partial charge >= 0.3 is 0 Å². The van der Waals surface area contributed by atoms with Crippen LogP contribution in [0.15, 0.2) is 36.4 Å². The molecule has 2 heterocycles. The Hall–Kier alpha value is -1.20. The van der Waals surface area contributed by atoms with Gasteiger partial charge in [-0.2, -0.15) is 0 Å². The van der Waals surface area contributed by atoms with E-state index in [1.165, 1.54) is 0 Å². The van der Waals surface area contributed by atoms with Crippen molar-refractivity contribution in [1.29, 1.82) is 0 Å². The van der Waals surface area contributed by atoms with Gasteiger partial charge in [-0.05, 0) is 12.2 Å². The highest BCUT2D eigenvalue weighted by Crippen LogP contribution is 2.46. The van der Waals surface area contributed by atoms with Gasteiger partial charge in [0.1, 0.15) is 0 Å². The minimum atomic E-state index is -0.753. The first kappa shape index (κ1) is 10.7. The molecule has 0 amide bonds. The highest BCUT2D eigenvalue weighted by Gasteiger charge is 2.49. The van der Waals surface area contributed by atoms with E-state index >= 15 is 0 Å². The van der Waals surface area contributed by atoms with Crippen LogP contribution in [-0.4, -0.2) is 26.4 Å². The van der Waals surface area contributed by atoms with Crippen LogP contribution in [0.25, 0.3) is 0 Å². The average Bonchev–Trinajstić information content (AvgIpc) is 3.06. The van der Waals surface area contributed by atoms with E-state index in [0.717, 1.165) is 11.1 Å². The van der Waals surface area contributed by atoms with Gasteiger partial charge in [-0.15, -0.1) is 0 Å². The maximum absolute atomic E-state index is 5.79. The Balaban J connectivity index is 1.91. The highest BCUT2D eigenvalue weighted by atomic mass is 16.7. The molecule has 2 aliphatic heterocycles. The van der Waals surface area contributed by atoms with Gasteiger partial charge in [0.2, 0.25) is 11.6 Å². The van der Waals surface area contributed by atoms with Crippen LogP contribution in [-0.2, 0) is 30.5 Å². The molecule has 4 heteroatoms. The van der Waals surface area contributed by atoms with Gasteiger partial charge in [0, 0.05) is 11.1 Å². The summed E-state index contributed by atoms with van der Waals surface area (Å²) in [7, 11) is 0. The van der Waals surface area contributed by atoms with Gasteiger partial charge in [0.25, 0.3) is 0 Å². The first-order chi connectivity index (χ1) is 8.85. The number of ether oxygens (including phenoxy) is 4. The van der Waals surface area contributed by atoms with E-state index in [1.807, 2.05) is 36.4 Å². The zero-order chi connectivity index (χ0) is 12.1. The molecule has 2 saturated heterocycles. The molecule has 1 aromatic carbocycles. The molecule has 2 spiro atoms. The molecule has 1 aromatic rings. The number of rotatable bonds is 0. The summed E-state index contributed by atoms with van der Waals surface area (Å²) in [4.78, 5) is 0. The van der Waals surface area contributed by atoms with E-state index in [0.29, 0.717) is 26.4 Å². The van der Waals surface area contributed by atoms with Crippen LogP contribution >= 0.6 is 0 Å². The molecular weight excluding hydrogens is 232 g/mol. The fraction of sp³-hybridized carbons (Fsp3) is 0.429.